The second-order valence-electron chi connectivity index (χ2n) is 7.63. The van der Waals surface area contributed by atoms with Gasteiger partial charge in [-0.15, -0.1) is 11.3 Å². The van der Waals surface area contributed by atoms with Crippen molar-refractivity contribution in [2.24, 2.45) is 0 Å². The Morgan fingerprint density at radius 3 is 2.81 bits per heavy atom. The first-order chi connectivity index (χ1) is 15.7. The van der Waals surface area contributed by atoms with Gasteiger partial charge in [0.15, 0.2) is 5.78 Å². The van der Waals surface area contributed by atoms with Crippen molar-refractivity contribution in [1.29, 1.82) is 0 Å². The van der Waals surface area contributed by atoms with Crippen molar-refractivity contribution < 1.29 is 9.59 Å². The Kier molecular flexibility index (Phi) is 5.51. The number of ketones is 1. The Labute approximate surface area is 188 Å². The Morgan fingerprint density at radius 1 is 1.12 bits per heavy atom. The van der Waals surface area contributed by atoms with E-state index in [2.05, 4.69) is 25.6 Å². The zero-order valence-electron chi connectivity index (χ0n) is 17.2. The molecule has 0 radical (unpaired) electrons. The second kappa shape index (κ2) is 8.76. The number of carbonyl (C=O) groups is 2. The lowest BCUT2D eigenvalue weighted by Gasteiger charge is -2.14. The minimum Gasteiger partial charge on any atom is -0.356 e. The summed E-state index contributed by atoms with van der Waals surface area (Å²) in [4.78, 5) is 37.1. The summed E-state index contributed by atoms with van der Waals surface area (Å²) in [5.41, 5.74) is 7.42. The highest BCUT2D eigenvalue weighted by atomic mass is 32.1. The molecule has 0 saturated heterocycles. The fourth-order valence-corrected chi connectivity index (χ4v) is 4.49. The number of para-hydroxylation sites is 1. The number of Topliss-reactive ketones (excluding diaryl/α,β-unsaturated/α-hetero) is 1. The lowest BCUT2D eigenvalue weighted by molar-refractivity contribution is -0.115. The molecule has 1 amide bonds. The lowest BCUT2D eigenvalue weighted by atomic mass is 9.95. The van der Waals surface area contributed by atoms with Crippen molar-refractivity contribution in [3.63, 3.8) is 0 Å². The summed E-state index contributed by atoms with van der Waals surface area (Å²) >= 11 is 1.46. The van der Waals surface area contributed by atoms with Crippen molar-refractivity contribution in [3.05, 3.63) is 76.5 Å². The molecule has 3 aromatic heterocycles. The van der Waals surface area contributed by atoms with E-state index in [9.17, 15) is 9.59 Å². The van der Waals surface area contributed by atoms with Gasteiger partial charge in [-0.25, -0.2) is 9.97 Å². The van der Waals surface area contributed by atoms with E-state index in [0.717, 1.165) is 52.4 Å². The van der Waals surface area contributed by atoms with Crippen LogP contribution in [0.4, 0.5) is 17.2 Å². The molecule has 0 spiro atoms. The molecule has 0 atom stereocenters. The van der Waals surface area contributed by atoms with Crippen molar-refractivity contribution in [2.45, 2.75) is 25.7 Å². The van der Waals surface area contributed by atoms with Gasteiger partial charge in [0, 0.05) is 34.9 Å². The number of H-pyrrole nitrogens is 1. The molecule has 32 heavy (non-hydrogen) atoms. The van der Waals surface area contributed by atoms with Gasteiger partial charge in [0.1, 0.15) is 5.82 Å². The molecule has 8 heteroatoms. The van der Waals surface area contributed by atoms with E-state index in [4.69, 9.17) is 0 Å². The summed E-state index contributed by atoms with van der Waals surface area (Å²) in [5, 5.41) is 8.13. The monoisotopic (exact) mass is 443 g/mol. The molecule has 0 bridgehead atoms. The number of aromatic nitrogens is 3. The summed E-state index contributed by atoms with van der Waals surface area (Å²) in [6.45, 7) is 0. The number of rotatable bonds is 6. The summed E-state index contributed by atoms with van der Waals surface area (Å²) in [6.07, 6.45) is 4.06. The molecule has 0 saturated carbocycles. The van der Waals surface area contributed by atoms with Crippen LogP contribution < -0.4 is 10.6 Å². The molecule has 7 nitrogen and oxygen atoms in total. The first kappa shape index (κ1) is 20.1. The van der Waals surface area contributed by atoms with Crippen LogP contribution in [0.2, 0.25) is 0 Å². The number of fused-ring (bicyclic) bond motifs is 1. The predicted molar refractivity (Wildman–Crippen MR) is 125 cm³/mol. The Balaban J connectivity index is 1.48. The zero-order chi connectivity index (χ0) is 21.9. The number of hydrogen-bond acceptors (Lipinski definition) is 6. The number of hydrogen-bond donors (Lipinski definition) is 3. The highest BCUT2D eigenvalue weighted by molar-refractivity contribution is 7.07. The number of nitrogens with zero attached hydrogens (tertiary/aromatic N) is 2. The maximum atomic E-state index is 12.8. The summed E-state index contributed by atoms with van der Waals surface area (Å²) in [6, 6.07) is 13.5. The largest absolute Gasteiger partial charge is 0.356 e. The average molecular weight is 444 g/mol. The van der Waals surface area contributed by atoms with Gasteiger partial charge in [0.2, 0.25) is 5.91 Å². The van der Waals surface area contributed by atoms with Crippen LogP contribution in [0.25, 0.3) is 11.3 Å². The van der Waals surface area contributed by atoms with Gasteiger partial charge in [0.05, 0.1) is 34.6 Å². The molecule has 0 fully saturated rings. The van der Waals surface area contributed by atoms with Gasteiger partial charge >= 0.3 is 0 Å². The van der Waals surface area contributed by atoms with Crippen LogP contribution in [-0.4, -0.2) is 26.6 Å². The van der Waals surface area contributed by atoms with Gasteiger partial charge in [-0.05, 0) is 37.1 Å². The van der Waals surface area contributed by atoms with E-state index in [1.165, 1.54) is 11.3 Å². The Morgan fingerprint density at radius 2 is 2.00 bits per heavy atom. The topological polar surface area (TPSA) is 99.8 Å². The molecule has 0 aliphatic heterocycles. The SMILES string of the molecule is O=C(Cc1cscn1)Nc1cc(-c2[nH]c3c(c2Nc2ccccc2)C(=O)CCC3)ccn1. The van der Waals surface area contributed by atoms with E-state index >= 15 is 0 Å². The van der Waals surface area contributed by atoms with Gasteiger partial charge < -0.3 is 15.6 Å². The van der Waals surface area contributed by atoms with Crippen molar-refractivity contribution in [1.82, 2.24) is 15.0 Å². The van der Waals surface area contributed by atoms with Gasteiger partial charge in [-0.3, -0.25) is 9.59 Å². The van der Waals surface area contributed by atoms with Crippen LogP contribution in [-0.2, 0) is 17.6 Å². The fraction of sp³-hybridized carbons (Fsp3) is 0.167. The number of nitrogens with one attached hydrogen (secondary N) is 3. The van der Waals surface area contributed by atoms with Crippen LogP contribution in [0.5, 0.6) is 0 Å². The molecule has 3 N–H and O–H groups in total. The number of amides is 1. The van der Waals surface area contributed by atoms with E-state index in [0.29, 0.717) is 12.2 Å². The molecule has 0 unspecified atom stereocenters. The quantitative estimate of drug-likeness (QED) is 0.390. The van der Waals surface area contributed by atoms with Gasteiger partial charge in [0.25, 0.3) is 0 Å². The van der Waals surface area contributed by atoms with Crippen molar-refractivity contribution in [3.8, 4) is 11.3 Å². The van der Waals surface area contributed by atoms with Crippen LogP contribution in [0.15, 0.2) is 59.6 Å². The van der Waals surface area contributed by atoms with Crippen LogP contribution >= 0.6 is 11.3 Å². The standard InChI is InChI=1S/C24H21N5O2S/c30-19-8-4-7-18-22(19)24(27-16-5-2-1-3-6-16)23(28-18)15-9-10-25-20(11-15)29-21(31)12-17-13-32-14-26-17/h1-3,5-6,9-11,13-14,27-28H,4,7-8,12H2,(H,25,29,31). The number of benzene rings is 1. The first-order valence-electron chi connectivity index (χ1n) is 10.4. The van der Waals surface area contributed by atoms with Crippen molar-refractivity contribution >= 4 is 40.2 Å². The molecule has 1 aliphatic rings. The maximum Gasteiger partial charge on any atom is 0.231 e. The van der Waals surface area contributed by atoms with Gasteiger partial charge in [-0.2, -0.15) is 0 Å². The third-order valence-corrected chi connectivity index (χ3v) is 6.01. The van der Waals surface area contributed by atoms with Gasteiger partial charge in [-0.1, -0.05) is 18.2 Å². The highest BCUT2D eigenvalue weighted by Gasteiger charge is 2.27. The average Bonchev–Trinajstić information content (AvgIpc) is 3.43. The van der Waals surface area contributed by atoms with E-state index in [1.807, 2.05) is 47.8 Å². The minimum absolute atomic E-state index is 0.137. The van der Waals surface area contributed by atoms with E-state index in [-0.39, 0.29) is 18.1 Å². The van der Waals surface area contributed by atoms with Crippen molar-refractivity contribution in [2.75, 3.05) is 10.6 Å². The number of carbonyl (C=O) groups excluding carboxylic acids is 2. The number of thiazole rings is 1. The predicted octanol–water partition coefficient (Wildman–Crippen LogP) is 4.98. The first-order valence-corrected chi connectivity index (χ1v) is 11.3. The minimum atomic E-state index is -0.177. The smallest absolute Gasteiger partial charge is 0.231 e. The normalized spacial score (nSPS) is 12.9. The molecule has 160 valence electrons. The zero-order valence-corrected chi connectivity index (χ0v) is 18.0. The maximum absolute atomic E-state index is 12.8. The summed E-state index contributed by atoms with van der Waals surface area (Å²) in [7, 11) is 0. The summed E-state index contributed by atoms with van der Waals surface area (Å²) < 4.78 is 0. The number of aryl methyl sites for hydroxylation is 1. The Hall–Kier alpha value is -3.78. The molecule has 3 heterocycles. The number of anilines is 3. The van der Waals surface area contributed by atoms with Crippen LogP contribution in [0.1, 0.15) is 34.6 Å². The molecule has 4 aromatic rings. The molecular weight excluding hydrogens is 422 g/mol. The molecule has 1 aromatic carbocycles. The van der Waals surface area contributed by atoms with Crippen LogP contribution in [0.3, 0.4) is 0 Å². The second-order valence-corrected chi connectivity index (χ2v) is 8.35. The highest BCUT2D eigenvalue weighted by Crippen LogP contribution is 2.39. The summed E-state index contributed by atoms with van der Waals surface area (Å²) in [5.74, 6) is 0.412. The van der Waals surface area contributed by atoms with E-state index < -0.39 is 0 Å². The number of pyridine rings is 1. The molecule has 5 rings (SSSR count). The molecule has 1 aliphatic carbocycles. The third-order valence-electron chi connectivity index (χ3n) is 5.37. The number of aromatic amines is 1. The fourth-order valence-electron chi connectivity index (χ4n) is 3.94. The van der Waals surface area contributed by atoms with E-state index in [1.54, 1.807) is 11.7 Å². The van der Waals surface area contributed by atoms with Crippen LogP contribution in [0, 0.1) is 0 Å². The molecular formula is C24H21N5O2S. The Bertz CT molecular complexity index is 1270. The third kappa shape index (κ3) is 4.17. The lowest BCUT2D eigenvalue weighted by Crippen LogP contribution is -2.15.